The number of thiocarbonyl (C=S) groups is 1. The lowest BCUT2D eigenvalue weighted by atomic mass is 10.3. The largest absolute Gasteiger partial charge is 0.497 e. The molecule has 3 N–H and O–H groups in total. The lowest BCUT2D eigenvalue weighted by Crippen LogP contribution is -2.56. The molecule has 0 bridgehead atoms. The van der Waals surface area contributed by atoms with Gasteiger partial charge in [0, 0.05) is 12.1 Å². The molecule has 22 heavy (non-hydrogen) atoms. The van der Waals surface area contributed by atoms with E-state index in [-0.39, 0.29) is 17.4 Å². The molecule has 0 saturated carbocycles. The van der Waals surface area contributed by atoms with Crippen LogP contribution < -0.4 is 20.7 Å². The van der Waals surface area contributed by atoms with E-state index in [9.17, 15) is 4.79 Å². The summed E-state index contributed by atoms with van der Waals surface area (Å²) < 4.78 is 3.31. The first kappa shape index (κ1) is 19.1. The Bertz CT molecular complexity index is 520. The van der Waals surface area contributed by atoms with E-state index in [0.717, 1.165) is 11.4 Å². The highest BCUT2D eigenvalue weighted by molar-refractivity contribution is 7.80. The van der Waals surface area contributed by atoms with Gasteiger partial charge in [0.25, 0.3) is 0 Å². The molecule has 1 amide bonds. The molecule has 0 aliphatic carbocycles. The van der Waals surface area contributed by atoms with Crippen molar-refractivity contribution in [1.82, 2.24) is 10.6 Å². The number of halogens is 3. The van der Waals surface area contributed by atoms with Gasteiger partial charge in [-0.05, 0) is 36.5 Å². The molecule has 1 aromatic carbocycles. The van der Waals surface area contributed by atoms with Crippen molar-refractivity contribution in [3.05, 3.63) is 24.3 Å². The van der Waals surface area contributed by atoms with E-state index in [1.807, 2.05) is 0 Å². The third-order valence-electron chi connectivity index (χ3n) is 2.58. The van der Waals surface area contributed by atoms with Crippen molar-refractivity contribution >= 4 is 63.7 Å². The summed E-state index contributed by atoms with van der Waals surface area (Å²) in [5.74, 6) is 0.454. The molecular formula is C13H16Cl3N3O2S. The van der Waals surface area contributed by atoms with Crippen molar-refractivity contribution in [3.63, 3.8) is 0 Å². The van der Waals surface area contributed by atoms with Crippen LogP contribution in [0.1, 0.15) is 13.3 Å². The number of rotatable bonds is 5. The number of alkyl halides is 3. The van der Waals surface area contributed by atoms with Crippen LogP contribution in [-0.2, 0) is 4.79 Å². The van der Waals surface area contributed by atoms with Crippen LogP contribution in [0.15, 0.2) is 24.3 Å². The second-order valence-corrected chi connectivity index (χ2v) is 7.00. The van der Waals surface area contributed by atoms with Gasteiger partial charge in [-0.3, -0.25) is 4.79 Å². The van der Waals surface area contributed by atoms with Gasteiger partial charge in [-0.15, -0.1) is 0 Å². The van der Waals surface area contributed by atoms with Crippen LogP contribution in [0.4, 0.5) is 5.69 Å². The van der Waals surface area contributed by atoms with Gasteiger partial charge in [0.2, 0.25) is 9.70 Å². The summed E-state index contributed by atoms with van der Waals surface area (Å²) in [4.78, 5) is 11.5. The molecule has 122 valence electrons. The van der Waals surface area contributed by atoms with Crippen LogP contribution in [0, 0.1) is 0 Å². The van der Waals surface area contributed by atoms with Crippen molar-refractivity contribution in [2.45, 2.75) is 23.3 Å². The van der Waals surface area contributed by atoms with E-state index in [1.54, 1.807) is 38.3 Å². The minimum absolute atomic E-state index is 0.206. The van der Waals surface area contributed by atoms with Crippen LogP contribution in [0.5, 0.6) is 5.75 Å². The number of hydrogen-bond donors (Lipinski definition) is 3. The summed E-state index contributed by atoms with van der Waals surface area (Å²) in [7, 11) is 1.58. The van der Waals surface area contributed by atoms with Gasteiger partial charge in [0.05, 0.1) is 7.11 Å². The number of amides is 1. The Kier molecular flexibility index (Phi) is 7.48. The smallest absolute Gasteiger partial charge is 0.228 e. The summed E-state index contributed by atoms with van der Waals surface area (Å²) >= 11 is 22.7. The lowest BCUT2D eigenvalue weighted by Gasteiger charge is -2.27. The van der Waals surface area contributed by atoms with Gasteiger partial charge in [-0.25, -0.2) is 0 Å². The molecule has 0 aromatic heterocycles. The quantitative estimate of drug-likeness (QED) is 0.413. The fraction of sp³-hybridized carbons (Fsp3) is 0.385. The molecule has 1 unspecified atom stereocenters. The molecule has 0 aliphatic heterocycles. The van der Waals surface area contributed by atoms with Crippen LogP contribution in [0.2, 0.25) is 0 Å². The molecule has 5 nitrogen and oxygen atoms in total. The van der Waals surface area contributed by atoms with Gasteiger partial charge in [0.15, 0.2) is 5.11 Å². The van der Waals surface area contributed by atoms with Gasteiger partial charge in [0.1, 0.15) is 11.9 Å². The van der Waals surface area contributed by atoms with Gasteiger partial charge >= 0.3 is 0 Å². The summed E-state index contributed by atoms with van der Waals surface area (Å²) in [5.41, 5.74) is 0.725. The maximum atomic E-state index is 11.5. The zero-order chi connectivity index (χ0) is 16.8. The summed E-state index contributed by atoms with van der Waals surface area (Å²) in [6, 6.07) is 7.11. The highest BCUT2D eigenvalue weighted by Gasteiger charge is 2.34. The minimum Gasteiger partial charge on any atom is -0.497 e. The number of carbonyl (C=O) groups excluding carboxylic acids is 1. The average molecular weight is 385 g/mol. The summed E-state index contributed by atoms with van der Waals surface area (Å²) in [5, 5.41) is 8.44. The van der Waals surface area contributed by atoms with Gasteiger partial charge < -0.3 is 20.7 Å². The normalized spacial score (nSPS) is 12.2. The van der Waals surface area contributed by atoms with Crippen LogP contribution in [0.25, 0.3) is 0 Å². The van der Waals surface area contributed by atoms with Crippen molar-refractivity contribution in [3.8, 4) is 5.75 Å². The first-order valence-electron chi connectivity index (χ1n) is 6.34. The summed E-state index contributed by atoms with van der Waals surface area (Å²) in [6.07, 6.45) is -0.694. The van der Waals surface area contributed by atoms with Gasteiger partial charge in [-0.2, -0.15) is 0 Å². The van der Waals surface area contributed by atoms with Crippen molar-refractivity contribution in [2.24, 2.45) is 0 Å². The fourth-order valence-corrected chi connectivity index (χ4v) is 2.00. The van der Waals surface area contributed by atoms with Crippen LogP contribution in [0.3, 0.4) is 0 Å². The minimum atomic E-state index is -1.75. The van der Waals surface area contributed by atoms with Crippen molar-refractivity contribution < 1.29 is 9.53 Å². The third-order valence-corrected chi connectivity index (χ3v) is 3.45. The molecule has 1 aromatic rings. The number of hydrogen-bond acceptors (Lipinski definition) is 3. The Morgan fingerprint density at radius 3 is 2.32 bits per heavy atom. The second kappa shape index (κ2) is 8.62. The molecule has 0 heterocycles. The van der Waals surface area contributed by atoms with Gasteiger partial charge in [-0.1, -0.05) is 41.7 Å². The Morgan fingerprint density at radius 1 is 1.27 bits per heavy atom. The van der Waals surface area contributed by atoms with E-state index < -0.39 is 9.96 Å². The SMILES string of the molecule is CCC(=O)NC(NC(=S)Nc1ccc(OC)cc1)C(Cl)(Cl)Cl. The van der Waals surface area contributed by atoms with E-state index in [4.69, 9.17) is 51.8 Å². The molecule has 1 rings (SSSR count). The number of nitrogens with one attached hydrogen (secondary N) is 3. The number of benzene rings is 1. The maximum absolute atomic E-state index is 11.5. The number of anilines is 1. The average Bonchev–Trinajstić information content (AvgIpc) is 2.46. The Hall–Kier alpha value is -0.950. The van der Waals surface area contributed by atoms with Crippen molar-refractivity contribution in [2.75, 3.05) is 12.4 Å². The zero-order valence-corrected chi connectivity index (χ0v) is 15.0. The standard InChI is InChI=1S/C13H16Cl3N3O2S/c1-3-10(20)18-11(13(14,15)16)19-12(22)17-8-4-6-9(21-2)7-5-8/h4-7,11H,3H2,1-2H3,(H,18,20)(H2,17,19,22). The predicted molar refractivity (Wildman–Crippen MR) is 94.9 cm³/mol. The first-order valence-corrected chi connectivity index (χ1v) is 7.88. The Balaban J connectivity index is 2.67. The third kappa shape index (κ3) is 6.44. The summed E-state index contributed by atoms with van der Waals surface area (Å²) in [6.45, 7) is 1.69. The highest BCUT2D eigenvalue weighted by atomic mass is 35.6. The molecule has 0 radical (unpaired) electrons. The zero-order valence-electron chi connectivity index (χ0n) is 12.0. The first-order chi connectivity index (χ1) is 10.3. The molecule has 0 saturated heterocycles. The molecule has 0 aliphatic rings. The van der Waals surface area contributed by atoms with Crippen molar-refractivity contribution in [1.29, 1.82) is 0 Å². The van der Waals surface area contributed by atoms with E-state index in [1.165, 1.54) is 0 Å². The monoisotopic (exact) mass is 383 g/mol. The Morgan fingerprint density at radius 2 is 1.86 bits per heavy atom. The maximum Gasteiger partial charge on any atom is 0.228 e. The van der Waals surface area contributed by atoms with Crippen LogP contribution in [-0.4, -0.2) is 28.1 Å². The molecular weight excluding hydrogens is 369 g/mol. The van der Waals surface area contributed by atoms with E-state index >= 15 is 0 Å². The second-order valence-electron chi connectivity index (χ2n) is 4.22. The number of carbonyl (C=O) groups is 1. The number of ether oxygens (including phenoxy) is 1. The lowest BCUT2D eigenvalue weighted by molar-refractivity contribution is -0.121. The molecule has 0 spiro atoms. The molecule has 1 atom stereocenters. The predicted octanol–water partition coefficient (Wildman–Crippen LogP) is 3.20. The fourth-order valence-electron chi connectivity index (χ4n) is 1.44. The van der Waals surface area contributed by atoms with Crippen LogP contribution >= 0.6 is 47.0 Å². The van der Waals surface area contributed by atoms with E-state index in [2.05, 4.69) is 16.0 Å². The topological polar surface area (TPSA) is 62.4 Å². The molecule has 9 heteroatoms. The molecule has 0 fully saturated rings. The highest BCUT2D eigenvalue weighted by Crippen LogP contribution is 2.29. The number of methoxy groups -OCH3 is 1. The van der Waals surface area contributed by atoms with E-state index in [0.29, 0.717) is 0 Å². The Labute approximate surface area is 149 Å².